The maximum Gasteiger partial charge on any atom is 0.224 e. The van der Waals surface area contributed by atoms with Crippen molar-refractivity contribution < 1.29 is 4.79 Å². The van der Waals surface area contributed by atoms with Crippen molar-refractivity contribution in [2.24, 2.45) is 0 Å². The Labute approximate surface area is 124 Å². The number of rotatable bonds is 7. The van der Waals surface area contributed by atoms with Crippen LogP contribution in [0.15, 0.2) is 41.8 Å². The van der Waals surface area contributed by atoms with Crippen LogP contribution in [0.3, 0.4) is 0 Å². The minimum absolute atomic E-state index is 0.102. The van der Waals surface area contributed by atoms with E-state index in [1.54, 1.807) is 11.3 Å². The summed E-state index contributed by atoms with van der Waals surface area (Å²) in [6.07, 6.45) is 4.71. The topological polar surface area (TPSA) is 29.1 Å². The maximum atomic E-state index is 11.8. The summed E-state index contributed by atoms with van der Waals surface area (Å²) < 4.78 is 0. The zero-order valence-electron chi connectivity index (χ0n) is 11.9. The lowest BCUT2D eigenvalue weighted by Crippen LogP contribution is -2.11. The van der Waals surface area contributed by atoms with E-state index in [9.17, 15) is 4.79 Å². The molecule has 0 aliphatic heterocycles. The largest absolute Gasteiger partial charge is 0.326 e. The summed E-state index contributed by atoms with van der Waals surface area (Å²) in [4.78, 5) is 13.2. The third-order valence-electron chi connectivity index (χ3n) is 3.18. The molecule has 1 aromatic heterocycles. The number of thiophene rings is 1. The van der Waals surface area contributed by atoms with Crippen LogP contribution in [0, 0.1) is 0 Å². The molecule has 1 amide bonds. The van der Waals surface area contributed by atoms with Crippen LogP contribution in [-0.2, 0) is 17.6 Å². The summed E-state index contributed by atoms with van der Waals surface area (Å²) in [7, 11) is 0. The molecule has 0 atom stereocenters. The lowest BCUT2D eigenvalue weighted by Gasteiger charge is -2.06. The molecule has 0 saturated heterocycles. The normalized spacial score (nSPS) is 10.4. The fraction of sp³-hybridized carbons (Fsp3) is 0.353. The van der Waals surface area contributed by atoms with Crippen molar-refractivity contribution in [3.8, 4) is 0 Å². The molecule has 0 bridgehead atoms. The van der Waals surface area contributed by atoms with E-state index in [4.69, 9.17) is 0 Å². The zero-order chi connectivity index (χ0) is 14.2. The lowest BCUT2D eigenvalue weighted by atomic mass is 10.1. The van der Waals surface area contributed by atoms with Crippen LogP contribution in [-0.4, -0.2) is 5.91 Å². The SMILES string of the molecule is CCCc1ccc(NC(=O)CCCc2cccs2)cc1. The van der Waals surface area contributed by atoms with Crippen molar-refractivity contribution in [1.82, 2.24) is 0 Å². The van der Waals surface area contributed by atoms with Crippen molar-refractivity contribution in [3.63, 3.8) is 0 Å². The second kappa shape index (κ2) is 7.85. The molecule has 3 heteroatoms. The van der Waals surface area contributed by atoms with Gasteiger partial charge in [-0.1, -0.05) is 31.5 Å². The highest BCUT2D eigenvalue weighted by Crippen LogP contribution is 2.14. The quantitative estimate of drug-likeness (QED) is 0.788. The number of carbonyl (C=O) groups excluding carboxylic acids is 1. The van der Waals surface area contributed by atoms with Gasteiger partial charge in [-0.25, -0.2) is 0 Å². The van der Waals surface area contributed by atoms with E-state index in [0.717, 1.165) is 31.4 Å². The first-order valence-corrected chi connectivity index (χ1v) is 8.07. The van der Waals surface area contributed by atoms with Gasteiger partial charge in [-0.05, 0) is 48.4 Å². The van der Waals surface area contributed by atoms with Gasteiger partial charge in [-0.15, -0.1) is 11.3 Å². The van der Waals surface area contributed by atoms with E-state index < -0.39 is 0 Å². The second-order valence-electron chi connectivity index (χ2n) is 4.93. The zero-order valence-corrected chi connectivity index (χ0v) is 12.7. The van der Waals surface area contributed by atoms with Crippen LogP contribution < -0.4 is 5.32 Å². The fourth-order valence-corrected chi connectivity index (χ4v) is 2.90. The number of amides is 1. The Morgan fingerprint density at radius 3 is 2.60 bits per heavy atom. The summed E-state index contributed by atoms with van der Waals surface area (Å²) in [5.41, 5.74) is 2.22. The molecule has 2 rings (SSSR count). The fourth-order valence-electron chi connectivity index (χ4n) is 2.14. The first kappa shape index (κ1) is 14.8. The molecule has 0 saturated carbocycles. The second-order valence-corrected chi connectivity index (χ2v) is 5.96. The lowest BCUT2D eigenvalue weighted by molar-refractivity contribution is -0.116. The Kier molecular flexibility index (Phi) is 5.81. The number of benzene rings is 1. The van der Waals surface area contributed by atoms with Crippen molar-refractivity contribution >= 4 is 22.9 Å². The van der Waals surface area contributed by atoms with E-state index in [2.05, 4.69) is 41.9 Å². The minimum Gasteiger partial charge on any atom is -0.326 e. The molecule has 0 spiro atoms. The Morgan fingerprint density at radius 1 is 1.15 bits per heavy atom. The van der Waals surface area contributed by atoms with E-state index in [1.807, 2.05) is 12.1 Å². The number of aryl methyl sites for hydroxylation is 2. The Morgan fingerprint density at radius 2 is 1.95 bits per heavy atom. The molecule has 2 nitrogen and oxygen atoms in total. The summed E-state index contributed by atoms with van der Waals surface area (Å²) in [5.74, 6) is 0.102. The molecule has 106 valence electrons. The van der Waals surface area contributed by atoms with Crippen molar-refractivity contribution in [1.29, 1.82) is 0 Å². The van der Waals surface area contributed by atoms with E-state index >= 15 is 0 Å². The van der Waals surface area contributed by atoms with Gasteiger partial charge in [0, 0.05) is 17.0 Å². The highest BCUT2D eigenvalue weighted by Gasteiger charge is 2.03. The van der Waals surface area contributed by atoms with Gasteiger partial charge in [-0.2, -0.15) is 0 Å². The molecule has 1 heterocycles. The number of nitrogens with one attached hydrogen (secondary N) is 1. The van der Waals surface area contributed by atoms with Crippen molar-refractivity contribution in [2.75, 3.05) is 5.32 Å². The van der Waals surface area contributed by atoms with Gasteiger partial charge < -0.3 is 5.32 Å². The Balaban J connectivity index is 1.73. The summed E-state index contributed by atoms with van der Waals surface area (Å²) in [6, 6.07) is 12.3. The van der Waals surface area contributed by atoms with Crippen LogP contribution in [0.1, 0.15) is 36.6 Å². The van der Waals surface area contributed by atoms with Gasteiger partial charge >= 0.3 is 0 Å². The minimum atomic E-state index is 0.102. The third kappa shape index (κ3) is 4.82. The average molecular weight is 287 g/mol. The molecule has 20 heavy (non-hydrogen) atoms. The van der Waals surface area contributed by atoms with E-state index in [0.29, 0.717) is 6.42 Å². The molecule has 0 radical (unpaired) electrons. The molecule has 2 aromatic rings. The van der Waals surface area contributed by atoms with E-state index in [1.165, 1.54) is 10.4 Å². The van der Waals surface area contributed by atoms with Crippen molar-refractivity contribution in [3.05, 3.63) is 52.2 Å². The number of hydrogen-bond donors (Lipinski definition) is 1. The van der Waals surface area contributed by atoms with Gasteiger partial charge in [0.15, 0.2) is 0 Å². The Bertz CT molecular complexity index is 516. The van der Waals surface area contributed by atoms with Crippen LogP contribution >= 0.6 is 11.3 Å². The highest BCUT2D eigenvalue weighted by atomic mass is 32.1. The van der Waals surface area contributed by atoms with Crippen LogP contribution in [0.25, 0.3) is 0 Å². The molecular weight excluding hydrogens is 266 g/mol. The maximum absolute atomic E-state index is 11.8. The van der Waals surface area contributed by atoms with E-state index in [-0.39, 0.29) is 5.91 Å². The smallest absolute Gasteiger partial charge is 0.224 e. The number of anilines is 1. The number of hydrogen-bond acceptors (Lipinski definition) is 2. The first-order chi connectivity index (χ1) is 9.78. The predicted octanol–water partition coefficient (Wildman–Crippen LogP) is 4.66. The summed E-state index contributed by atoms with van der Waals surface area (Å²) >= 11 is 1.75. The van der Waals surface area contributed by atoms with Gasteiger partial charge in [0.05, 0.1) is 0 Å². The number of carbonyl (C=O) groups is 1. The van der Waals surface area contributed by atoms with Crippen LogP contribution in [0.2, 0.25) is 0 Å². The first-order valence-electron chi connectivity index (χ1n) is 7.19. The van der Waals surface area contributed by atoms with Crippen LogP contribution in [0.4, 0.5) is 5.69 Å². The molecule has 1 N–H and O–H groups in total. The Hall–Kier alpha value is -1.61. The van der Waals surface area contributed by atoms with Gasteiger partial charge in [-0.3, -0.25) is 4.79 Å². The average Bonchev–Trinajstić information content (AvgIpc) is 2.94. The standard InChI is InChI=1S/C17H21NOS/c1-2-5-14-9-11-15(12-10-14)18-17(19)8-3-6-16-7-4-13-20-16/h4,7,9-13H,2-3,5-6,8H2,1H3,(H,18,19). The van der Waals surface area contributed by atoms with Gasteiger partial charge in [0.2, 0.25) is 5.91 Å². The van der Waals surface area contributed by atoms with Gasteiger partial charge in [0.1, 0.15) is 0 Å². The van der Waals surface area contributed by atoms with Crippen molar-refractivity contribution in [2.45, 2.75) is 39.0 Å². The predicted molar refractivity (Wildman–Crippen MR) is 86.3 cm³/mol. The monoisotopic (exact) mass is 287 g/mol. The van der Waals surface area contributed by atoms with Crippen LogP contribution in [0.5, 0.6) is 0 Å². The third-order valence-corrected chi connectivity index (χ3v) is 4.12. The van der Waals surface area contributed by atoms with Gasteiger partial charge in [0.25, 0.3) is 0 Å². The summed E-state index contributed by atoms with van der Waals surface area (Å²) in [5, 5.41) is 5.03. The summed E-state index contributed by atoms with van der Waals surface area (Å²) in [6.45, 7) is 2.17. The molecule has 0 unspecified atom stereocenters. The molecule has 0 aliphatic rings. The highest BCUT2D eigenvalue weighted by molar-refractivity contribution is 7.09. The molecule has 0 aliphatic carbocycles. The molecule has 1 aromatic carbocycles. The molecule has 0 fully saturated rings. The molecular formula is C17H21NOS.